The molecule has 2 rings (SSSR count). The summed E-state index contributed by atoms with van der Waals surface area (Å²) in [5.41, 5.74) is 7.14. The number of halogens is 1. The number of carbonyl (C=O) groups excluding carboxylic acids is 2. The lowest BCUT2D eigenvalue weighted by Crippen LogP contribution is -2.43. The van der Waals surface area contributed by atoms with E-state index in [9.17, 15) is 9.59 Å². The second kappa shape index (κ2) is 8.36. The van der Waals surface area contributed by atoms with Crippen molar-refractivity contribution in [1.29, 1.82) is 0 Å². The van der Waals surface area contributed by atoms with Crippen molar-refractivity contribution in [3.05, 3.63) is 63.6 Å². The molecule has 0 radical (unpaired) electrons. The Kier molecular flexibility index (Phi) is 6.42. The van der Waals surface area contributed by atoms with Crippen LogP contribution in [0.3, 0.4) is 0 Å². The van der Waals surface area contributed by atoms with Crippen molar-refractivity contribution in [1.82, 2.24) is 10.9 Å². The van der Waals surface area contributed by atoms with E-state index >= 15 is 0 Å². The van der Waals surface area contributed by atoms with Gasteiger partial charge in [0.05, 0.1) is 0 Å². The Morgan fingerprint density at radius 3 is 2.42 bits per heavy atom. The maximum Gasteiger partial charge on any atom is 0.276 e. The van der Waals surface area contributed by atoms with Crippen molar-refractivity contribution in [2.45, 2.75) is 33.1 Å². The third-order valence-corrected chi connectivity index (χ3v) is 4.66. The first-order valence-electron chi connectivity index (χ1n) is 8.26. The van der Waals surface area contributed by atoms with Crippen LogP contribution >= 0.6 is 15.9 Å². The predicted molar refractivity (Wildman–Crippen MR) is 105 cm³/mol. The van der Waals surface area contributed by atoms with Crippen LogP contribution in [0, 0.1) is 6.92 Å². The van der Waals surface area contributed by atoms with Gasteiger partial charge in [-0.1, -0.05) is 61.0 Å². The van der Waals surface area contributed by atoms with Crippen LogP contribution in [0.4, 0.5) is 0 Å². The van der Waals surface area contributed by atoms with E-state index in [1.54, 1.807) is 12.1 Å². The van der Waals surface area contributed by atoms with E-state index in [-0.39, 0.29) is 12.0 Å². The molecule has 0 atom stereocenters. The van der Waals surface area contributed by atoms with Gasteiger partial charge < -0.3 is 4.74 Å². The molecule has 2 aromatic carbocycles. The molecule has 2 aromatic rings. The fourth-order valence-electron chi connectivity index (χ4n) is 2.32. The molecule has 0 saturated heterocycles. The van der Waals surface area contributed by atoms with Crippen LogP contribution in [0.25, 0.3) is 0 Å². The number of hydrogen-bond acceptors (Lipinski definition) is 3. The summed E-state index contributed by atoms with van der Waals surface area (Å²) < 4.78 is 6.46. The summed E-state index contributed by atoms with van der Waals surface area (Å²) in [6.45, 7) is 7.98. The van der Waals surface area contributed by atoms with Crippen LogP contribution in [0.1, 0.15) is 42.3 Å². The van der Waals surface area contributed by atoms with E-state index < -0.39 is 11.8 Å². The SMILES string of the molecule is Cc1ccc(C(=O)NNC(=O)COc2ccccc2C(C)(C)C)cc1Br. The zero-order valence-electron chi connectivity index (χ0n) is 15.4. The third-order valence-electron chi connectivity index (χ3n) is 3.80. The number of carbonyl (C=O) groups is 2. The summed E-state index contributed by atoms with van der Waals surface area (Å²) in [6, 6.07) is 12.8. The molecule has 0 heterocycles. The summed E-state index contributed by atoms with van der Waals surface area (Å²) in [5.74, 6) is -0.175. The first-order valence-corrected chi connectivity index (χ1v) is 9.05. The zero-order chi connectivity index (χ0) is 19.3. The van der Waals surface area contributed by atoms with Crippen molar-refractivity contribution in [2.24, 2.45) is 0 Å². The number of rotatable bonds is 4. The molecule has 5 nitrogen and oxygen atoms in total. The summed E-state index contributed by atoms with van der Waals surface area (Å²) in [4.78, 5) is 24.1. The lowest BCUT2D eigenvalue weighted by molar-refractivity contribution is -0.123. The topological polar surface area (TPSA) is 67.4 Å². The Labute approximate surface area is 162 Å². The molecular formula is C20H23BrN2O3. The van der Waals surface area contributed by atoms with Gasteiger partial charge >= 0.3 is 0 Å². The number of hydrogen-bond donors (Lipinski definition) is 2. The van der Waals surface area contributed by atoms with Crippen molar-refractivity contribution in [2.75, 3.05) is 6.61 Å². The molecule has 0 fully saturated rings. The van der Waals surface area contributed by atoms with Gasteiger partial charge in [-0.25, -0.2) is 0 Å². The quantitative estimate of drug-likeness (QED) is 0.739. The largest absolute Gasteiger partial charge is 0.483 e. The summed E-state index contributed by atoms with van der Waals surface area (Å²) >= 11 is 3.38. The van der Waals surface area contributed by atoms with Gasteiger partial charge in [0.25, 0.3) is 11.8 Å². The van der Waals surface area contributed by atoms with E-state index in [4.69, 9.17) is 4.74 Å². The minimum Gasteiger partial charge on any atom is -0.483 e. The standard InChI is InChI=1S/C20H23BrN2O3/c1-13-9-10-14(11-16(13)21)19(25)23-22-18(24)12-26-17-8-6-5-7-15(17)20(2,3)4/h5-11H,12H2,1-4H3,(H,22,24)(H,23,25). The lowest BCUT2D eigenvalue weighted by atomic mass is 9.86. The molecular weight excluding hydrogens is 396 g/mol. The summed E-state index contributed by atoms with van der Waals surface area (Å²) in [6.07, 6.45) is 0. The Bertz CT molecular complexity index is 813. The van der Waals surface area contributed by atoms with Crippen LogP contribution in [-0.4, -0.2) is 18.4 Å². The van der Waals surface area contributed by atoms with Crippen molar-refractivity contribution < 1.29 is 14.3 Å². The molecule has 6 heteroatoms. The molecule has 2 N–H and O–H groups in total. The van der Waals surface area contributed by atoms with Gasteiger partial charge in [0.15, 0.2) is 6.61 Å². The highest BCUT2D eigenvalue weighted by atomic mass is 79.9. The normalized spacial score (nSPS) is 11.0. The van der Waals surface area contributed by atoms with Crippen LogP contribution in [0.5, 0.6) is 5.75 Å². The van der Waals surface area contributed by atoms with Gasteiger partial charge in [0, 0.05) is 10.0 Å². The zero-order valence-corrected chi connectivity index (χ0v) is 16.9. The molecule has 0 unspecified atom stereocenters. The molecule has 0 saturated carbocycles. The van der Waals surface area contributed by atoms with E-state index in [0.717, 1.165) is 15.6 Å². The van der Waals surface area contributed by atoms with Crippen molar-refractivity contribution in [3.8, 4) is 5.75 Å². The molecule has 0 aliphatic rings. The smallest absolute Gasteiger partial charge is 0.276 e. The highest BCUT2D eigenvalue weighted by Gasteiger charge is 2.19. The van der Waals surface area contributed by atoms with Gasteiger partial charge in [-0.15, -0.1) is 0 Å². The van der Waals surface area contributed by atoms with E-state index in [1.165, 1.54) is 0 Å². The number of hydrazine groups is 1. The summed E-state index contributed by atoms with van der Waals surface area (Å²) in [7, 11) is 0. The van der Waals surface area contributed by atoms with Crippen LogP contribution < -0.4 is 15.6 Å². The Balaban J connectivity index is 1.90. The second-order valence-electron chi connectivity index (χ2n) is 7.00. The van der Waals surface area contributed by atoms with Gasteiger partial charge in [0.1, 0.15) is 5.75 Å². The van der Waals surface area contributed by atoms with Crippen LogP contribution in [0.2, 0.25) is 0 Å². The number of nitrogens with one attached hydrogen (secondary N) is 2. The molecule has 2 amide bonds. The number of para-hydroxylation sites is 1. The fraction of sp³-hybridized carbons (Fsp3) is 0.300. The second-order valence-corrected chi connectivity index (χ2v) is 7.86. The van der Waals surface area contributed by atoms with Gasteiger partial charge in [-0.3, -0.25) is 20.4 Å². The Morgan fingerprint density at radius 1 is 1.08 bits per heavy atom. The minimum atomic E-state index is -0.437. The van der Waals surface area contributed by atoms with Crippen molar-refractivity contribution in [3.63, 3.8) is 0 Å². The lowest BCUT2D eigenvalue weighted by Gasteiger charge is -2.22. The van der Waals surface area contributed by atoms with Gasteiger partial charge in [0.2, 0.25) is 0 Å². The third kappa shape index (κ3) is 5.33. The molecule has 26 heavy (non-hydrogen) atoms. The van der Waals surface area contributed by atoms with E-state index in [1.807, 2.05) is 37.3 Å². The molecule has 0 bridgehead atoms. The highest BCUT2D eigenvalue weighted by Crippen LogP contribution is 2.30. The average Bonchev–Trinajstić information content (AvgIpc) is 2.59. The summed E-state index contributed by atoms with van der Waals surface area (Å²) in [5, 5.41) is 0. The fourth-order valence-corrected chi connectivity index (χ4v) is 2.70. The predicted octanol–water partition coefficient (Wildman–Crippen LogP) is 3.90. The molecule has 0 spiro atoms. The minimum absolute atomic E-state index is 0.0971. The Hall–Kier alpha value is -2.34. The molecule has 0 aromatic heterocycles. The van der Waals surface area contributed by atoms with Crippen molar-refractivity contribution >= 4 is 27.7 Å². The number of amides is 2. The van der Waals surface area contributed by atoms with Crippen LogP contribution in [-0.2, 0) is 10.2 Å². The molecule has 0 aliphatic heterocycles. The van der Waals surface area contributed by atoms with Gasteiger partial charge in [-0.05, 0) is 41.7 Å². The Morgan fingerprint density at radius 2 is 1.77 bits per heavy atom. The van der Waals surface area contributed by atoms with Gasteiger partial charge in [-0.2, -0.15) is 0 Å². The maximum absolute atomic E-state index is 12.1. The highest BCUT2D eigenvalue weighted by molar-refractivity contribution is 9.10. The first-order chi connectivity index (χ1) is 12.2. The van der Waals surface area contributed by atoms with E-state index in [2.05, 4.69) is 47.6 Å². The number of aryl methyl sites for hydroxylation is 1. The first kappa shape index (κ1) is 20.0. The number of benzene rings is 2. The van der Waals surface area contributed by atoms with Crippen LogP contribution in [0.15, 0.2) is 46.9 Å². The van der Waals surface area contributed by atoms with E-state index in [0.29, 0.717) is 11.3 Å². The number of ether oxygens (including phenoxy) is 1. The average molecular weight is 419 g/mol. The monoisotopic (exact) mass is 418 g/mol. The maximum atomic E-state index is 12.1. The molecule has 0 aliphatic carbocycles. The molecule has 138 valence electrons.